The molecule has 0 unspecified atom stereocenters. The minimum atomic E-state index is 0.504. The first-order chi connectivity index (χ1) is 9.20. The van der Waals surface area contributed by atoms with Crippen LogP contribution in [0, 0.1) is 6.92 Å². The lowest BCUT2D eigenvalue weighted by atomic mass is 10.3. The SMILES string of the molecule is Cc1cnn(CCNc2nc3ccc(N)cc3o2)c1. The molecular formula is C13H15N5O. The number of nitrogen functional groups attached to an aromatic ring is 1. The van der Waals surface area contributed by atoms with Crippen molar-refractivity contribution in [2.24, 2.45) is 0 Å². The van der Waals surface area contributed by atoms with Crippen molar-refractivity contribution in [2.45, 2.75) is 13.5 Å². The van der Waals surface area contributed by atoms with Crippen LogP contribution in [-0.2, 0) is 6.54 Å². The maximum atomic E-state index is 5.69. The Kier molecular flexibility index (Phi) is 2.83. The number of aryl methyl sites for hydroxylation is 1. The molecule has 3 aromatic rings. The summed E-state index contributed by atoms with van der Waals surface area (Å²) in [7, 11) is 0. The highest BCUT2D eigenvalue weighted by Crippen LogP contribution is 2.20. The highest BCUT2D eigenvalue weighted by atomic mass is 16.4. The van der Waals surface area contributed by atoms with E-state index in [1.165, 1.54) is 0 Å². The molecule has 0 aliphatic heterocycles. The average molecular weight is 257 g/mol. The summed E-state index contributed by atoms with van der Waals surface area (Å²) >= 11 is 0. The van der Waals surface area contributed by atoms with Gasteiger partial charge in [-0.15, -0.1) is 0 Å². The first kappa shape index (κ1) is 11.6. The number of aromatic nitrogens is 3. The Morgan fingerprint density at radius 2 is 2.32 bits per heavy atom. The molecule has 6 nitrogen and oxygen atoms in total. The van der Waals surface area contributed by atoms with Crippen LogP contribution in [0.5, 0.6) is 0 Å². The maximum absolute atomic E-state index is 5.69. The summed E-state index contributed by atoms with van der Waals surface area (Å²) in [6.45, 7) is 3.47. The van der Waals surface area contributed by atoms with Crippen molar-refractivity contribution >= 4 is 22.8 Å². The number of anilines is 2. The van der Waals surface area contributed by atoms with Gasteiger partial charge in [-0.3, -0.25) is 4.68 Å². The van der Waals surface area contributed by atoms with Crippen molar-refractivity contribution in [3.05, 3.63) is 36.2 Å². The predicted molar refractivity (Wildman–Crippen MR) is 73.9 cm³/mol. The fourth-order valence-electron chi connectivity index (χ4n) is 1.88. The molecule has 0 spiro atoms. The van der Waals surface area contributed by atoms with Crippen LogP contribution >= 0.6 is 0 Å². The molecule has 0 radical (unpaired) electrons. The van der Waals surface area contributed by atoms with Gasteiger partial charge in [-0.2, -0.15) is 10.1 Å². The molecule has 0 amide bonds. The zero-order valence-corrected chi connectivity index (χ0v) is 10.6. The molecule has 19 heavy (non-hydrogen) atoms. The Morgan fingerprint density at radius 1 is 1.42 bits per heavy atom. The molecule has 3 N–H and O–H groups in total. The Labute approximate surface area is 110 Å². The van der Waals surface area contributed by atoms with Crippen LogP contribution in [0.25, 0.3) is 11.1 Å². The normalized spacial score (nSPS) is 11.0. The van der Waals surface area contributed by atoms with E-state index in [4.69, 9.17) is 10.2 Å². The first-order valence-corrected chi connectivity index (χ1v) is 6.10. The molecular weight excluding hydrogens is 242 g/mol. The number of nitrogens with one attached hydrogen (secondary N) is 1. The number of nitrogens with two attached hydrogens (primary N) is 1. The van der Waals surface area contributed by atoms with E-state index in [0.29, 0.717) is 23.8 Å². The minimum Gasteiger partial charge on any atom is -0.423 e. The molecule has 1 aromatic carbocycles. The monoisotopic (exact) mass is 257 g/mol. The van der Waals surface area contributed by atoms with E-state index in [9.17, 15) is 0 Å². The van der Waals surface area contributed by atoms with Gasteiger partial charge < -0.3 is 15.5 Å². The molecule has 2 heterocycles. The van der Waals surface area contributed by atoms with Gasteiger partial charge in [0.1, 0.15) is 5.52 Å². The second-order valence-corrected chi connectivity index (χ2v) is 4.45. The molecule has 0 aliphatic rings. The summed E-state index contributed by atoms with van der Waals surface area (Å²) in [4.78, 5) is 4.33. The van der Waals surface area contributed by atoms with E-state index in [2.05, 4.69) is 15.4 Å². The number of benzene rings is 1. The number of nitrogens with zero attached hydrogens (tertiary/aromatic N) is 3. The van der Waals surface area contributed by atoms with E-state index < -0.39 is 0 Å². The smallest absolute Gasteiger partial charge is 0.295 e. The van der Waals surface area contributed by atoms with E-state index in [1.807, 2.05) is 30.1 Å². The number of fused-ring (bicyclic) bond motifs is 1. The third kappa shape index (κ3) is 2.52. The lowest BCUT2D eigenvalue weighted by Gasteiger charge is -2.01. The summed E-state index contributed by atoms with van der Waals surface area (Å²) in [5.41, 5.74) is 9.00. The maximum Gasteiger partial charge on any atom is 0.295 e. The van der Waals surface area contributed by atoms with Crippen molar-refractivity contribution in [2.75, 3.05) is 17.6 Å². The van der Waals surface area contributed by atoms with Gasteiger partial charge in [0.2, 0.25) is 0 Å². The molecule has 3 rings (SSSR count). The van der Waals surface area contributed by atoms with Crippen LogP contribution in [0.2, 0.25) is 0 Å². The number of hydrogen-bond acceptors (Lipinski definition) is 5. The number of hydrogen-bond donors (Lipinski definition) is 2. The lowest BCUT2D eigenvalue weighted by molar-refractivity contribution is 0.592. The van der Waals surface area contributed by atoms with Crippen LogP contribution in [-0.4, -0.2) is 21.3 Å². The fourth-order valence-corrected chi connectivity index (χ4v) is 1.88. The van der Waals surface area contributed by atoms with Gasteiger partial charge in [0.15, 0.2) is 5.58 Å². The van der Waals surface area contributed by atoms with Gasteiger partial charge in [0.25, 0.3) is 6.01 Å². The van der Waals surface area contributed by atoms with Gasteiger partial charge in [0.05, 0.1) is 12.7 Å². The van der Waals surface area contributed by atoms with Crippen molar-refractivity contribution in [3.63, 3.8) is 0 Å². The van der Waals surface area contributed by atoms with Crippen LogP contribution < -0.4 is 11.1 Å². The van der Waals surface area contributed by atoms with Crippen molar-refractivity contribution in [1.29, 1.82) is 0 Å². The van der Waals surface area contributed by atoms with Crippen LogP contribution in [0.3, 0.4) is 0 Å². The zero-order chi connectivity index (χ0) is 13.2. The van der Waals surface area contributed by atoms with E-state index in [1.54, 1.807) is 12.1 Å². The largest absolute Gasteiger partial charge is 0.423 e. The predicted octanol–water partition coefficient (Wildman–Crippen LogP) is 2.03. The van der Waals surface area contributed by atoms with Gasteiger partial charge in [0, 0.05) is 24.5 Å². The van der Waals surface area contributed by atoms with E-state index >= 15 is 0 Å². The Balaban J connectivity index is 1.65. The zero-order valence-electron chi connectivity index (χ0n) is 10.6. The molecule has 0 bridgehead atoms. The Hall–Kier alpha value is -2.50. The van der Waals surface area contributed by atoms with Crippen molar-refractivity contribution in [1.82, 2.24) is 14.8 Å². The molecule has 0 saturated heterocycles. The van der Waals surface area contributed by atoms with Crippen molar-refractivity contribution in [3.8, 4) is 0 Å². The molecule has 0 aliphatic carbocycles. The third-order valence-electron chi connectivity index (χ3n) is 2.79. The number of oxazole rings is 1. The van der Waals surface area contributed by atoms with E-state index in [0.717, 1.165) is 17.6 Å². The molecule has 6 heteroatoms. The Morgan fingerprint density at radius 3 is 3.11 bits per heavy atom. The quantitative estimate of drug-likeness (QED) is 0.699. The minimum absolute atomic E-state index is 0.504. The molecule has 0 fully saturated rings. The second kappa shape index (κ2) is 4.64. The molecule has 0 saturated carbocycles. The topological polar surface area (TPSA) is 81.9 Å². The second-order valence-electron chi connectivity index (χ2n) is 4.45. The van der Waals surface area contributed by atoms with Crippen molar-refractivity contribution < 1.29 is 4.42 Å². The molecule has 2 aromatic heterocycles. The number of rotatable bonds is 4. The van der Waals surface area contributed by atoms with Gasteiger partial charge in [-0.1, -0.05) is 0 Å². The fraction of sp³-hybridized carbons (Fsp3) is 0.231. The van der Waals surface area contributed by atoms with E-state index in [-0.39, 0.29) is 0 Å². The first-order valence-electron chi connectivity index (χ1n) is 6.10. The highest BCUT2D eigenvalue weighted by Gasteiger charge is 2.05. The summed E-state index contributed by atoms with van der Waals surface area (Å²) in [6.07, 6.45) is 3.83. The average Bonchev–Trinajstić information content (AvgIpc) is 2.95. The summed E-state index contributed by atoms with van der Waals surface area (Å²) in [6, 6.07) is 5.92. The highest BCUT2D eigenvalue weighted by molar-refractivity contribution is 5.77. The lowest BCUT2D eigenvalue weighted by Crippen LogP contribution is -2.10. The van der Waals surface area contributed by atoms with Crippen LogP contribution in [0.4, 0.5) is 11.7 Å². The van der Waals surface area contributed by atoms with Crippen LogP contribution in [0.1, 0.15) is 5.56 Å². The standard InChI is InChI=1S/C13H15N5O/c1-9-7-16-18(8-9)5-4-15-13-17-11-3-2-10(14)6-12(11)19-13/h2-3,6-8H,4-5,14H2,1H3,(H,15,17). The van der Waals surface area contributed by atoms with Gasteiger partial charge in [-0.05, 0) is 24.6 Å². The third-order valence-corrected chi connectivity index (χ3v) is 2.79. The molecule has 98 valence electrons. The summed E-state index contributed by atoms with van der Waals surface area (Å²) in [5.74, 6) is 0. The molecule has 0 atom stereocenters. The van der Waals surface area contributed by atoms with Crippen LogP contribution in [0.15, 0.2) is 35.0 Å². The van der Waals surface area contributed by atoms with Gasteiger partial charge in [-0.25, -0.2) is 0 Å². The summed E-state index contributed by atoms with van der Waals surface area (Å²) < 4.78 is 7.44. The van der Waals surface area contributed by atoms with Gasteiger partial charge >= 0.3 is 0 Å². The summed E-state index contributed by atoms with van der Waals surface area (Å²) in [5, 5.41) is 7.34. The Bertz CT molecular complexity index is 700.